The van der Waals surface area contributed by atoms with Crippen LogP contribution in [0.1, 0.15) is 44.2 Å². The zero-order valence-corrected chi connectivity index (χ0v) is 13.8. The molecule has 0 aliphatic carbocycles. The maximum absolute atomic E-state index is 11.9. The first-order chi connectivity index (χ1) is 11.4. The largest absolute Gasteiger partial charge is 0.480 e. The monoisotopic (exact) mass is 332 g/mol. The van der Waals surface area contributed by atoms with Gasteiger partial charge in [-0.15, -0.1) is 6.58 Å². The second kappa shape index (κ2) is 10.2. The summed E-state index contributed by atoms with van der Waals surface area (Å²) in [6.45, 7) is 5.39. The first kappa shape index (κ1) is 19.4. The number of carbonyl (C=O) groups excluding carboxylic acids is 2. The van der Waals surface area contributed by atoms with E-state index in [1.54, 1.807) is 6.08 Å². The topological polar surface area (TPSA) is 95.5 Å². The van der Waals surface area contributed by atoms with Crippen molar-refractivity contribution in [2.75, 3.05) is 0 Å². The number of carbonyl (C=O) groups is 3. The lowest BCUT2D eigenvalue weighted by Gasteiger charge is -2.15. The minimum absolute atomic E-state index is 0.0107. The molecule has 6 heteroatoms. The summed E-state index contributed by atoms with van der Waals surface area (Å²) in [6, 6.07) is 8.39. The van der Waals surface area contributed by atoms with Crippen LogP contribution in [-0.2, 0) is 14.4 Å². The van der Waals surface area contributed by atoms with Crippen molar-refractivity contribution in [2.45, 2.75) is 44.7 Å². The molecule has 0 aromatic heterocycles. The van der Waals surface area contributed by atoms with Gasteiger partial charge in [-0.05, 0) is 25.3 Å². The van der Waals surface area contributed by atoms with Gasteiger partial charge >= 0.3 is 5.97 Å². The molecule has 2 atom stereocenters. The van der Waals surface area contributed by atoms with Crippen LogP contribution in [0.5, 0.6) is 0 Å². The summed E-state index contributed by atoms with van der Waals surface area (Å²) in [6.07, 6.45) is 2.33. The van der Waals surface area contributed by atoms with Crippen molar-refractivity contribution in [3.05, 3.63) is 48.6 Å². The molecule has 6 nitrogen and oxygen atoms in total. The Balaban J connectivity index is 2.38. The molecule has 0 aliphatic heterocycles. The second-order valence-electron chi connectivity index (χ2n) is 5.52. The third-order valence-electron chi connectivity index (χ3n) is 3.55. The van der Waals surface area contributed by atoms with Crippen molar-refractivity contribution in [3.63, 3.8) is 0 Å². The van der Waals surface area contributed by atoms with Gasteiger partial charge < -0.3 is 15.7 Å². The molecule has 0 radical (unpaired) electrons. The normalized spacial score (nSPS) is 12.7. The van der Waals surface area contributed by atoms with Crippen LogP contribution in [-0.4, -0.2) is 28.9 Å². The van der Waals surface area contributed by atoms with Gasteiger partial charge in [0, 0.05) is 12.8 Å². The zero-order chi connectivity index (χ0) is 17.9. The molecule has 0 saturated carbocycles. The molecule has 1 aromatic rings. The van der Waals surface area contributed by atoms with Gasteiger partial charge in [-0.1, -0.05) is 36.4 Å². The Morgan fingerprint density at radius 2 is 1.71 bits per heavy atom. The van der Waals surface area contributed by atoms with Crippen LogP contribution in [0.15, 0.2) is 43.0 Å². The first-order valence-electron chi connectivity index (χ1n) is 7.91. The molecule has 1 aromatic carbocycles. The molecule has 0 unspecified atom stereocenters. The van der Waals surface area contributed by atoms with E-state index >= 15 is 0 Å². The predicted octanol–water partition coefficient (Wildman–Crippen LogP) is 2.18. The number of benzene rings is 1. The maximum Gasteiger partial charge on any atom is 0.326 e. The van der Waals surface area contributed by atoms with E-state index in [9.17, 15) is 14.4 Å². The van der Waals surface area contributed by atoms with Gasteiger partial charge in [0.2, 0.25) is 11.8 Å². The van der Waals surface area contributed by atoms with Crippen LogP contribution in [0.3, 0.4) is 0 Å². The highest BCUT2D eigenvalue weighted by molar-refractivity contribution is 5.87. The van der Waals surface area contributed by atoms with Gasteiger partial charge in [0.15, 0.2) is 0 Å². The minimum atomic E-state index is -1.09. The molecule has 0 heterocycles. The molecule has 0 saturated heterocycles. The van der Waals surface area contributed by atoms with E-state index in [-0.39, 0.29) is 31.2 Å². The maximum atomic E-state index is 11.9. The number of carboxylic acids is 1. The van der Waals surface area contributed by atoms with Crippen molar-refractivity contribution in [1.29, 1.82) is 0 Å². The lowest BCUT2D eigenvalue weighted by molar-refractivity contribution is -0.142. The van der Waals surface area contributed by atoms with Gasteiger partial charge in [-0.3, -0.25) is 9.59 Å². The Kier molecular flexibility index (Phi) is 8.25. The number of amides is 2. The summed E-state index contributed by atoms with van der Waals surface area (Å²) >= 11 is 0. The summed E-state index contributed by atoms with van der Waals surface area (Å²) in [4.78, 5) is 34.8. The van der Waals surface area contributed by atoms with Gasteiger partial charge in [0.1, 0.15) is 6.04 Å². The summed E-state index contributed by atoms with van der Waals surface area (Å²) < 4.78 is 0. The Morgan fingerprint density at radius 3 is 2.25 bits per heavy atom. The number of nitrogens with one attached hydrogen (secondary N) is 2. The van der Waals surface area contributed by atoms with E-state index in [2.05, 4.69) is 17.2 Å². The Morgan fingerprint density at radius 1 is 1.12 bits per heavy atom. The number of hydrogen-bond donors (Lipinski definition) is 3. The van der Waals surface area contributed by atoms with Crippen molar-refractivity contribution < 1.29 is 19.5 Å². The van der Waals surface area contributed by atoms with Crippen LogP contribution in [0.2, 0.25) is 0 Å². The van der Waals surface area contributed by atoms with Crippen LogP contribution in [0, 0.1) is 0 Å². The third-order valence-corrected chi connectivity index (χ3v) is 3.55. The molecule has 0 fully saturated rings. The molecule has 0 bridgehead atoms. The fourth-order valence-electron chi connectivity index (χ4n) is 2.17. The molecular weight excluding hydrogens is 308 g/mol. The highest BCUT2D eigenvalue weighted by Gasteiger charge is 2.19. The Bertz CT molecular complexity index is 572. The zero-order valence-electron chi connectivity index (χ0n) is 13.8. The Hall–Kier alpha value is -2.63. The average molecular weight is 332 g/mol. The standard InChI is InChI=1S/C18H24N2O4/c1-3-4-10-15(18(23)24)20-17(22)12-11-16(21)19-13(2)14-8-6-5-7-9-14/h3,5-9,13,15H,1,4,10-12H2,2H3,(H,19,21)(H,20,22)(H,23,24)/t13-,15-/m1/s1. The lowest BCUT2D eigenvalue weighted by atomic mass is 10.1. The molecule has 24 heavy (non-hydrogen) atoms. The minimum Gasteiger partial charge on any atom is -0.480 e. The summed E-state index contributed by atoms with van der Waals surface area (Å²) in [5.41, 5.74) is 0.977. The van der Waals surface area contributed by atoms with Crippen molar-refractivity contribution >= 4 is 17.8 Å². The van der Waals surface area contributed by atoms with E-state index in [0.29, 0.717) is 6.42 Å². The highest BCUT2D eigenvalue weighted by atomic mass is 16.4. The van der Waals surface area contributed by atoms with E-state index in [1.165, 1.54) is 0 Å². The third kappa shape index (κ3) is 7.09. The van der Waals surface area contributed by atoms with E-state index in [0.717, 1.165) is 5.56 Å². The van der Waals surface area contributed by atoms with Gasteiger partial charge in [-0.25, -0.2) is 4.79 Å². The summed E-state index contributed by atoms with van der Waals surface area (Å²) in [7, 11) is 0. The number of carboxylic acid groups (broad SMARTS) is 1. The van der Waals surface area contributed by atoms with Crippen LogP contribution in [0.25, 0.3) is 0 Å². The van der Waals surface area contributed by atoms with E-state index < -0.39 is 17.9 Å². The predicted molar refractivity (Wildman–Crippen MR) is 91.2 cm³/mol. The SMILES string of the molecule is C=CCC[C@@H](NC(=O)CCC(=O)N[C@H](C)c1ccccc1)C(=O)O. The molecule has 0 aliphatic rings. The van der Waals surface area contributed by atoms with E-state index in [1.807, 2.05) is 37.3 Å². The number of rotatable bonds is 10. The van der Waals surface area contributed by atoms with E-state index in [4.69, 9.17) is 5.11 Å². The summed E-state index contributed by atoms with van der Waals surface area (Å²) in [5, 5.41) is 14.3. The van der Waals surface area contributed by atoms with Crippen molar-refractivity contribution in [3.8, 4) is 0 Å². The average Bonchev–Trinajstić information content (AvgIpc) is 2.57. The van der Waals surface area contributed by atoms with Crippen molar-refractivity contribution in [2.24, 2.45) is 0 Å². The fourth-order valence-corrected chi connectivity index (χ4v) is 2.17. The van der Waals surface area contributed by atoms with Gasteiger partial charge in [0.25, 0.3) is 0 Å². The molecule has 130 valence electrons. The highest BCUT2D eigenvalue weighted by Crippen LogP contribution is 2.11. The lowest BCUT2D eigenvalue weighted by Crippen LogP contribution is -2.41. The fraction of sp³-hybridized carbons (Fsp3) is 0.389. The Labute approximate surface area is 141 Å². The molecular formula is C18H24N2O4. The van der Waals surface area contributed by atoms with Crippen LogP contribution >= 0.6 is 0 Å². The van der Waals surface area contributed by atoms with Gasteiger partial charge in [-0.2, -0.15) is 0 Å². The molecule has 0 spiro atoms. The van der Waals surface area contributed by atoms with Crippen LogP contribution in [0.4, 0.5) is 0 Å². The molecule has 3 N–H and O–H groups in total. The second-order valence-corrected chi connectivity index (χ2v) is 5.52. The number of aliphatic carboxylic acids is 1. The first-order valence-corrected chi connectivity index (χ1v) is 7.91. The molecule has 2 amide bonds. The molecule has 1 rings (SSSR count). The van der Waals surface area contributed by atoms with Gasteiger partial charge in [0.05, 0.1) is 6.04 Å². The summed E-state index contributed by atoms with van der Waals surface area (Å²) in [5.74, 6) is -1.79. The smallest absolute Gasteiger partial charge is 0.326 e. The van der Waals surface area contributed by atoms with Crippen molar-refractivity contribution in [1.82, 2.24) is 10.6 Å². The quantitative estimate of drug-likeness (QED) is 0.572. The number of hydrogen-bond acceptors (Lipinski definition) is 3. The number of allylic oxidation sites excluding steroid dienone is 1. The van der Waals surface area contributed by atoms with Crippen LogP contribution < -0.4 is 10.6 Å².